The average molecular weight is 274 g/mol. The molecule has 102 valence electrons. The summed E-state index contributed by atoms with van der Waals surface area (Å²) in [5, 5.41) is 0. The van der Waals surface area contributed by atoms with Gasteiger partial charge in [-0.3, -0.25) is 4.79 Å². The van der Waals surface area contributed by atoms with Gasteiger partial charge in [0.1, 0.15) is 5.78 Å². The van der Waals surface area contributed by atoms with Crippen LogP contribution >= 0.6 is 11.8 Å². The van der Waals surface area contributed by atoms with E-state index in [-0.39, 0.29) is 5.92 Å². The minimum Gasteiger partial charge on any atom is -0.299 e. The van der Waals surface area contributed by atoms with E-state index in [4.69, 9.17) is 0 Å². The third-order valence-electron chi connectivity index (χ3n) is 4.84. The summed E-state index contributed by atoms with van der Waals surface area (Å²) in [5.74, 6) is 2.63. The quantitative estimate of drug-likeness (QED) is 0.797. The van der Waals surface area contributed by atoms with Crippen LogP contribution in [0.3, 0.4) is 0 Å². The molecule has 2 aliphatic rings. The molecule has 2 heteroatoms. The minimum atomic E-state index is 0.165. The summed E-state index contributed by atoms with van der Waals surface area (Å²) in [6, 6.07) is 8.46. The van der Waals surface area contributed by atoms with Gasteiger partial charge in [-0.25, -0.2) is 0 Å². The van der Waals surface area contributed by atoms with Crippen molar-refractivity contribution in [3.63, 3.8) is 0 Å². The zero-order chi connectivity index (χ0) is 13.2. The predicted molar refractivity (Wildman–Crippen MR) is 80.7 cm³/mol. The molecule has 1 fully saturated rings. The van der Waals surface area contributed by atoms with Gasteiger partial charge in [-0.05, 0) is 30.4 Å². The molecule has 0 aromatic heterocycles. The lowest BCUT2D eigenvalue weighted by Crippen LogP contribution is -2.31. The standard InChI is InChI=1S/C17H22OS/c1-2-12-7-3-4-8-13(12)17(18)15-11-19-16-10-6-5-9-14(15)16/h5-6,9-10,12-13,15H,2-4,7-8,11H2,1H3. The topological polar surface area (TPSA) is 17.1 Å². The van der Waals surface area contributed by atoms with Gasteiger partial charge in [0.15, 0.2) is 0 Å². The molecule has 1 saturated carbocycles. The number of carbonyl (C=O) groups is 1. The summed E-state index contributed by atoms with van der Waals surface area (Å²) in [6.45, 7) is 2.24. The van der Waals surface area contributed by atoms with E-state index in [1.165, 1.54) is 29.7 Å². The fourth-order valence-electron chi connectivity index (χ4n) is 3.73. The van der Waals surface area contributed by atoms with Crippen LogP contribution in [0.15, 0.2) is 29.2 Å². The van der Waals surface area contributed by atoms with Crippen molar-refractivity contribution in [3.05, 3.63) is 29.8 Å². The highest BCUT2D eigenvalue weighted by Gasteiger charge is 2.37. The fourth-order valence-corrected chi connectivity index (χ4v) is 4.97. The maximum Gasteiger partial charge on any atom is 0.144 e. The number of rotatable bonds is 3. The van der Waals surface area contributed by atoms with E-state index in [1.54, 1.807) is 0 Å². The molecule has 19 heavy (non-hydrogen) atoms. The molecule has 3 unspecified atom stereocenters. The van der Waals surface area contributed by atoms with Gasteiger partial charge in [0.05, 0.1) is 5.92 Å². The Morgan fingerprint density at radius 3 is 2.89 bits per heavy atom. The summed E-state index contributed by atoms with van der Waals surface area (Å²) in [6.07, 6.45) is 6.11. The van der Waals surface area contributed by atoms with Crippen LogP contribution in [-0.2, 0) is 4.79 Å². The summed E-state index contributed by atoms with van der Waals surface area (Å²) in [5.41, 5.74) is 1.29. The molecule has 0 spiro atoms. The van der Waals surface area contributed by atoms with E-state index in [0.29, 0.717) is 17.6 Å². The molecule has 1 aromatic rings. The molecule has 0 bridgehead atoms. The molecule has 1 aliphatic heterocycles. The van der Waals surface area contributed by atoms with Crippen molar-refractivity contribution < 1.29 is 4.79 Å². The number of thioether (sulfide) groups is 1. The third-order valence-corrected chi connectivity index (χ3v) is 6.03. The Balaban J connectivity index is 1.81. The van der Waals surface area contributed by atoms with Crippen molar-refractivity contribution in [2.45, 2.75) is 49.8 Å². The molecule has 0 amide bonds. The lowest BCUT2D eigenvalue weighted by atomic mass is 9.72. The van der Waals surface area contributed by atoms with Gasteiger partial charge in [0.2, 0.25) is 0 Å². The average Bonchev–Trinajstić information content (AvgIpc) is 2.90. The molecule has 0 radical (unpaired) electrons. The highest BCUT2D eigenvalue weighted by molar-refractivity contribution is 7.99. The van der Waals surface area contributed by atoms with E-state index >= 15 is 0 Å². The molecule has 3 atom stereocenters. The number of benzene rings is 1. The number of fused-ring (bicyclic) bond motifs is 1. The summed E-state index contributed by atoms with van der Waals surface area (Å²) in [4.78, 5) is 14.2. The van der Waals surface area contributed by atoms with Crippen molar-refractivity contribution in [2.24, 2.45) is 11.8 Å². The van der Waals surface area contributed by atoms with Gasteiger partial charge in [-0.15, -0.1) is 11.8 Å². The van der Waals surface area contributed by atoms with Crippen LogP contribution in [0.1, 0.15) is 50.5 Å². The predicted octanol–water partition coefficient (Wildman–Crippen LogP) is 4.66. The van der Waals surface area contributed by atoms with Crippen LogP contribution in [0.25, 0.3) is 0 Å². The molecular weight excluding hydrogens is 252 g/mol. The van der Waals surface area contributed by atoms with Gasteiger partial charge in [0.25, 0.3) is 0 Å². The number of ketones is 1. The largest absolute Gasteiger partial charge is 0.299 e. The minimum absolute atomic E-state index is 0.165. The van der Waals surface area contributed by atoms with Crippen molar-refractivity contribution in [3.8, 4) is 0 Å². The van der Waals surface area contributed by atoms with Gasteiger partial charge in [-0.1, -0.05) is 44.4 Å². The molecule has 1 heterocycles. The summed E-state index contributed by atoms with van der Waals surface area (Å²) in [7, 11) is 0. The summed E-state index contributed by atoms with van der Waals surface area (Å²) >= 11 is 1.86. The van der Waals surface area contributed by atoms with Crippen LogP contribution in [0.5, 0.6) is 0 Å². The van der Waals surface area contributed by atoms with Crippen LogP contribution in [-0.4, -0.2) is 11.5 Å². The second-order valence-corrected chi connectivity index (χ2v) is 6.92. The smallest absolute Gasteiger partial charge is 0.144 e. The Morgan fingerprint density at radius 1 is 1.26 bits per heavy atom. The Morgan fingerprint density at radius 2 is 2.05 bits per heavy atom. The highest BCUT2D eigenvalue weighted by atomic mass is 32.2. The van der Waals surface area contributed by atoms with Gasteiger partial charge >= 0.3 is 0 Å². The molecular formula is C17H22OS. The van der Waals surface area contributed by atoms with Gasteiger partial charge in [-0.2, -0.15) is 0 Å². The lowest BCUT2D eigenvalue weighted by Gasteiger charge is -2.31. The number of Topliss-reactive ketones (excluding diaryl/α,β-unsaturated/α-hetero) is 1. The maximum atomic E-state index is 12.9. The molecule has 1 aliphatic carbocycles. The fraction of sp³-hybridized carbons (Fsp3) is 0.588. The first-order valence-electron chi connectivity index (χ1n) is 7.56. The van der Waals surface area contributed by atoms with Gasteiger partial charge in [0, 0.05) is 16.6 Å². The van der Waals surface area contributed by atoms with E-state index in [0.717, 1.165) is 18.6 Å². The second kappa shape index (κ2) is 5.70. The number of carbonyl (C=O) groups excluding carboxylic acids is 1. The van der Waals surface area contributed by atoms with Crippen LogP contribution in [0.4, 0.5) is 0 Å². The van der Waals surface area contributed by atoms with Crippen molar-refractivity contribution in [1.29, 1.82) is 0 Å². The van der Waals surface area contributed by atoms with Crippen LogP contribution < -0.4 is 0 Å². The SMILES string of the molecule is CCC1CCCCC1C(=O)C1CSc2ccccc21. The monoisotopic (exact) mass is 274 g/mol. The lowest BCUT2D eigenvalue weighted by molar-refractivity contribution is -0.126. The Labute approximate surface area is 120 Å². The maximum absolute atomic E-state index is 12.9. The second-order valence-electron chi connectivity index (χ2n) is 5.86. The highest BCUT2D eigenvalue weighted by Crippen LogP contribution is 2.44. The number of hydrogen-bond acceptors (Lipinski definition) is 2. The van der Waals surface area contributed by atoms with Gasteiger partial charge < -0.3 is 0 Å². The zero-order valence-electron chi connectivity index (χ0n) is 11.6. The first kappa shape index (κ1) is 13.2. The van der Waals surface area contributed by atoms with E-state index in [1.807, 2.05) is 11.8 Å². The molecule has 1 aromatic carbocycles. The third kappa shape index (κ3) is 2.47. The van der Waals surface area contributed by atoms with Crippen molar-refractivity contribution >= 4 is 17.5 Å². The van der Waals surface area contributed by atoms with Crippen LogP contribution in [0.2, 0.25) is 0 Å². The van der Waals surface area contributed by atoms with E-state index in [9.17, 15) is 4.79 Å². The number of hydrogen-bond donors (Lipinski definition) is 0. The summed E-state index contributed by atoms with van der Waals surface area (Å²) < 4.78 is 0. The first-order valence-corrected chi connectivity index (χ1v) is 8.55. The van der Waals surface area contributed by atoms with E-state index in [2.05, 4.69) is 31.2 Å². The molecule has 3 rings (SSSR count). The Bertz CT molecular complexity index is 468. The van der Waals surface area contributed by atoms with E-state index < -0.39 is 0 Å². The molecule has 0 saturated heterocycles. The Kier molecular flexibility index (Phi) is 3.97. The molecule has 0 N–H and O–H groups in total. The van der Waals surface area contributed by atoms with Crippen molar-refractivity contribution in [1.82, 2.24) is 0 Å². The Hall–Kier alpha value is -0.760. The normalized spacial score (nSPS) is 30.1. The molecule has 1 nitrogen and oxygen atoms in total. The van der Waals surface area contributed by atoms with Crippen molar-refractivity contribution in [2.75, 3.05) is 5.75 Å². The van der Waals surface area contributed by atoms with Crippen LogP contribution in [0, 0.1) is 11.8 Å². The first-order chi connectivity index (χ1) is 9.31. The zero-order valence-corrected chi connectivity index (χ0v) is 12.4.